The lowest BCUT2D eigenvalue weighted by Crippen LogP contribution is -2.45. The van der Waals surface area contributed by atoms with E-state index in [1.54, 1.807) is 4.90 Å². The highest BCUT2D eigenvalue weighted by Crippen LogP contribution is 2.22. The van der Waals surface area contributed by atoms with Crippen LogP contribution < -0.4 is 5.56 Å². The smallest absolute Gasteiger partial charge is 0.256 e. The van der Waals surface area contributed by atoms with Gasteiger partial charge in [-0.1, -0.05) is 20.3 Å². The second-order valence-corrected chi connectivity index (χ2v) is 9.95. The number of carbonyl (C=O) groups is 2. The second kappa shape index (κ2) is 11.9. The van der Waals surface area contributed by atoms with Gasteiger partial charge >= 0.3 is 0 Å². The molecule has 1 aromatic carbocycles. The lowest BCUT2D eigenvalue weighted by Gasteiger charge is -2.33. The average molecular weight is 499 g/mol. The van der Waals surface area contributed by atoms with Crippen LogP contribution >= 0.6 is 0 Å². The van der Waals surface area contributed by atoms with Crippen molar-refractivity contribution in [3.05, 3.63) is 63.1 Å². The van der Waals surface area contributed by atoms with Gasteiger partial charge in [0.25, 0.3) is 5.56 Å². The van der Waals surface area contributed by atoms with Gasteiger partial charge in [-0.3, -0.25) is 19.3 Å². The molecule has 2 aliphatic rings. The van der Waals surface area contributed by atoms with Crippen molar-refractivity contribution in [2.24, 2.45) is 11.8 Å². The van der Waals surface area contributed by atoms with Crippen LogP contribution in [0.1, 0.15) is 60.5 Å². The Hall–Kier alpha value is -2.91. The number of benzene rings is 1. The topological polar surface area (TPSA) is 95.6 Å². The Morgan fingerprint density at radius 1 is 1.25 bits per heavy atom. The monoisotopic (exact) mass is 498 g/mol. The Morgan fingerprint density at radius 2 is 1.97 bits per heavy atom. The summed E-state index contributed by atoms with van der Waals surface area (Å²) in [7, 11) is 0. The minimum absolute atomic E-state index is 0.0117. The number of hydrogen-bond acceptors (Lipinski definition) is 6. The first-order valence-electron chi connectivity index (χ1n) is 12.8. The number of H-pyrrole nitrogens is 1. The number of carbonyl (C=O) groups excluding carboxylic acids is 2. The van der Waals surface area contributed by atoms with E-state index in [4.69, 9.17) is 4.74 Å². The molecule has 194 valence electrons. The van der Waals surface area contributed by atoms with Crippen LogP contribution in [0.15, 0.2) is 29.1 Å². The van der Waals surface area contributed by atoms with E-state index >= 15 is 0 Å². The van der Waals surface area contributed by atoms with E-state index < -0.39 is 0 Å². The molecule has 0 radical (unpaired) electrons. The molecule has 8 nitrogen and oxygen atoms in total. The molecule has 0 bridgehead atoms. The maximum absolute atomic E-state index is 13.4. The van der Waals surface area contributed by atoms with Crippen LogP contribution in [0.3, 0.4) is 0 Å². The molecule has 4 rings (SSSR count). The fourth-order valence-corrected chi connectivity index (χ4v) is 4.80. The fourth-order valence-electron chi connectivity index (χ4n) is 4.80. The number of nitrogens with zero attached hydrogens (tertiary/aromatic N) is 3. The summed E-state index contributed by atoms with van der Waals surface area (Å²) < 4.78 is 18.6. The van der Waals surface area contributed by atoms with Crippen LogP contribution in [0.25, 0.3) is 0 Å². The van der Waals surface area contributed by atoms with Gasteiger partial charge in [0.2, 0.25) is 5.91 Å². The number of nitrogens with one attached hydrogen (secondary N) is 1. The third-order valence-electron chi connectivity index (χ3n) is 7.25. The van der Waals surface area contributed by atoms with E-state index in [1.807, 2.05) is 0 Å². The summed E-state index contributed by atoms with van der Waals surface area (Å²) in [5, 5.41) is 0. The van der Waals surface area contributed by atoms with Gasteiger partial charge in [-0.2, -0.15) is 0 Å². The minimum atomic E-state index is -0.356. The maximum Gasteiger partial charge on any atom is 0.256 e. The normalized spacial score (nSPS) is 17.4. The summed E-state index contributed by atoms with van der Waals surface area (Å²) in [6, 6.07) is 5.69. The Morgan fingerprint density at radius 3 is 2.67 bits per heavy atom. The van der Waals surface area contributed by atoms with Gasteiger partial charge in [-0.15, -0.1) is 0 Å². The number of fused-ring (bicyclic) bond motifs is 1. The van der Waals surface area contributed by atoms with Crippen LogP contribution in [0.4, 0.5) is 4.39 Å². The summed E-state index contributed by atoms with van der Waals surface area (Å²) >= 11 is 0. The summed E-state index contributed by atoms with van der Waals surface area (Å²) in [6.45, 7) is 7.40. The number of amides is 1. The number of likely N-dealkylation sites (tertiary alicyclic amines) is 1. The summed E-state index contributed by atoms with van der Waals surface area (Å²) in [6.07, 6.45) is 2.86. The van der Waals surface area contributed by atoms with Crippen molar-refractivity contribution in [3.63, 3.8) is 0 Å². The van der Waals surface area contributed by atoms with Crippen LogP contribution in [0, 0.1) is 17.7 Å². The molecule has 1 saturated heterocycles. The molecule has 1 fully saturated rings. The molecular weight excluding hydrogens is 463 g/mol. The Labute approximate surface area is 210 Å². The number of rotatable bonds is 9. The summed E-state index contributed by atoms with van der Waals surface area (Å²) in [5.74, 6) is 0.360. The predicted molar refractivity (Wildman–Crippen MR) is 133 cm³/mol. The zero-order valence-electron chi connectivity index (χ0n) is 21.1. The van der Waals surface area contributed by atoms with Gasteiger partial charge in [0, 0.05) is 24.4 Å². The van der Waals surface area contributed by atoms with Crippen LogP contribution in [0.2, 0.25) is 0 Å². The number of ether oxygens (including phenoxy) is 1. The van der Waals surface area contributed by atoms with Crippen molar-refractivity contribution < 1.29 is 18.7 Å². The largest absolute Gasteiger partial charge is 0.376 e. The van der Waals surface area contributed by atoms with E-state index in [2.05, 4.69) is 28.7 Å². The first kappa shape index (κ1) is 26.2. The van der Waals surface area contributed by atoms with Gasteiger partial charge in [0.1, 0.15) is 11.6 Å². The van der Waals surface area contributed by atoms with E-state index in [0.717, 1.165) is 12.1 Å². The maximum atomic E-state index is 13.4. The second-order valence-electron chi connectivity index (χ2n) is 9.95. The quantitative estimate of drug-likeness (QED) is 0.534. The molecule has 1 amide bonds. The summed E-state index contributed by atoms with van der Waals surface area (Å²) in [4.78, 5) is 50.0. The number of aromatic nitrogens is 2. The number of Topliss-reactive ketones (excluding diaryl/α,β-unsaturated/α-hetero) is 1. The third-order valence-corrected chi connectivity index (χ3v) is 7.25. The molecule has 0 saturated carbocycles. The first-order valence-corrected chi connectivity index (χ1v) is 12.8. The molecule has 2 aromatic rings. The molecule has 1 unspecified atom stereocenters. The molecule has 0 aliphatic carbocycles. The summed E-state index contributed by atoms with van der Waals surface area (Å²) in [5.41, 5.74) is 1.66. The molecule has 9 heteroatoms. The Balaban J connectivity index is 1.37. The number of aromatic amines is 1. The fraction of sp³-hybridized carbons (Fsp3) is 0.556. The van der Waals surface area contributed by atoms with Gasteiger partial charge in [-0.25, -0.2) is 9.37 Å². The molecule has 36 heavy (non-hydrogen) atoms. The van der Waals surface area contributed by atoms with E-state index in [1.165, 1.54) is 24.3 Å². The molecule has 0 spiro atoms. The highest BCUT2D eigenvalue weighted by Gasteiger charge is 2.28. The van der Waals surface area contributed by atoms with E-state index in [0.29, 0.717) is 68.4 Å². The molecule has 2 aliphatic heterocycles. The van der Waals surface area contributed by atoms with E-state index in [-0.39, 0.29) is 48.7 Å². The molecule has 3 heterocycles. The number of hydrogen-bond donors (Lipinski definition) is 1. The SMILES string of the molecule is CCC(C)CN(Cc1nc2c(c(=O)[nH]1)COCC2)C(=O)CN1CCC(C(=O)c2ccc(F)cc2)CC1. The average Bonchev–Trinajstić information content (AvgIpc) is 2.88. The molecule has 1 N–H and O–H groups in total. The van der Waals surface area contributed by atoms with Gasteiger partial charge < -0.3 is 14.6 Å². The first-order chi connectivity index (χ1) is 17.3. The minimum Gasteiger partial charge on any atom is -0.376 e. The number of halogens is 1. The molecular formula is C27H35FN4O4. The zero-order chi connectivity index (χ0) is 25.7. The highest BCUT2D eigenvalue weighted by molar-refractivity contribution is 5.97. The van der Waals surface area contributed by atoms with Crippen molar-refractivity contribution in [1.29, 1.82) is 0 Å². The number of ketones is 1. The van der Waals surface area contributed by atoms with Gasteiger partial charge in [0.05, 0.1) is 37.6 Å². The molecule has 1 atom stereocenters. The number of piperidine rings is 1. The van der Waals surface area contributed by atoms with Gasteiger partial charge in [0.15, 0.2) is 5.78 Å². The Kier molecular flexibility index (Phi) is 8.64. The lowest BCUT2D eigenvalue weighted by atomic mass is 9.89. The van der Waals surface area contributed by atoms with Crippen molar-refractivity contribution in [2.45, 2.75) is 52.7 Å². The van der Waals surface area contributed by atoms with Gasteiger partial charge in [-0.05, 0) is 56.1 Å². The molecule has 1 aromatic heterocycles. The van der Waals surface area contributed by atoms with Crippen LogP contribution in [-0.2, 0) is 29.1 Å². The van der Waals surface area contributed by atoms with Crippen molar-refractivity contribution >= 4 is 11.7 Å². The standard InChI is InChI=1S/C27H35FN4O4/c1-3-18(2)14-32(15-24-29-23-10-13-36-17-22(23)27(35)30-24)25(33)16-31-11-8-20(9-12-31)26(34)19-4-6-21(28)7-5-19/h4-7,18,20H,3,8-17H2,1-2H3,(H,29,30,35). The van der Waals surface area contributed by atoms with Crippen molar-refractivity contribution in [2.75, 3.05) is 32.8 Å². The van der Waals surface area contributed by atoms with Crippen molar-refractivity contribution in [3.8, 4) is 0 Å². The highest BCUT2D eigenvalue weighted by atomic mass is 19.1. The Bertz CT molecular complexity index is 1130. The van der Waals surface area contributed by atoms with E-state index in [9.17, 15) is 18.8 Å². The third kappa shape index (κ3) is 6.44. The zero-order valence-corrected chi connectivity index (χ0v) is 21.1. The lowest BCUT2D eigenvalue weighted by molar-refractivity contribution is -0.134. The van der Waals surface area contributed by atoms with Crippen LogP contribution in [0.5, 0.6) is 0 Å². The van der Waals surface area contributed by atoms with Crippen LogP contribution in [-0.4, -0.2) is 64.2 Å². The predicted octanol–water partition coefficient (Wildman–Crippen LogP) is 2.95. The van der Waals surface area contributed by atoms with Crippen molar-refractivity contribution in [1.82, 2.24) is 19.8 Å².